The molecule has 0 unspecified atom stereocenters. The van der Waals surface area contributed by atoms with Crippen LogP contribution in [0.1, 0.15) is 106 Å². The van der Waals surface area contributed by atoms with Crippen molar-refractivity contribution in [3.63, 3.8) is 0 Å². The molecule has 1 fully saturated rings. The van der Waals surface area contributed by atoms with E-state index in [-0.39, 0.29) is 34.6 Å². The Hall–Kier alpha value is -2.01. The number of aromatic hydroxyl groups is 1. The van der Waals surface area contributed by atoms with Gasteiger partial charge >= 0.3 is 5.97 Å². The molecule has 1 aliphatic rings. The summed E-state index contributed by atoms with van der Waals surface area (Å²) in [4.78, 5) is 15.0. The molecule has 1 saturated heterocycles. The number of carbonyl (C=O) groups excluding carboxylic acids is 1. The zero-order valence-corrected chi connectivity index (χ0v) is 23.5. The van der Waals surface area contributed by atoms with Gasteiger partial charge in [0.25, 0.3) is 0 Å². The third-order valence-corrected chi connectivity index (χ3v) is 7.11. The molecule has 0 amide bonds. The van der Waals surface area contributed by atoms with E-state index >= 15 is 0 Å². The molecule has 0 saturated carbocycles. The largest absolute Gasteiger partial charge is 0.507 e. The molecule has 2 rings (SSSR count). The highest BCUT2D eigenvalue weighted by Gasteiger charge is 2.44. The van der Waals surface area contributed by atoms with Crippen LogP contribution in [0, 0.1) is 0 Å². The van der Waals surface area contributed by atoms with E-state index in [2.05, 4.69) is 81.2 Å². The molecule has 0 aliphatic carbocycles. The van der Waals surface area contributed by atoms with Gasteiger partial charge in [-0.2, -0.15) is 0 Å². The summed E-state index contributed by atoms with van der Waals surface area (Å²) < 4.78 is 11.8. The van der Waals surface area contributed by atoms with Gasteiger partial charge in [0.2, 0.25) is 0 Å². The number of nitrogens with zero attached hydrogens (tertiary/aromatic N) is 1. The Morgan fingerprint density at radius 2 is 1.47 bits per heavy atom. The summed E-state index contributed by atoms with van der Waals surface area (Å²) in [5.41, 5.74) is 2.14. The number of ether oxygens (including phenoxy) is 2. The zero-order valence-electron chi connectivity index (χ0n) is 23.5. The van der Waals surface area contributed by atoms with Crippen LogP contribution in [0.15, 0.2) is 24.0 Å². The first-order valence-electron chi connectivity index (χ1n) is 12.4. The maximum absolute atomic E-state index is 12.6. The second-order valence-electron chi connectivity index (χ2n) is 13.2. The number of phenols is 1. The first-order valence-corrected chi connectivity index (χ1v) is 12.4. The van der Waals surface area contributed by atoms with Crippen LogP contribution < -0.4 is 0 Å². The van der Waals surface area contributed by atoms with Crippen molar-refractivity contribution in [1.82, 2.24) is 4.90 Å². The molecule has 0 bridgehead atoms. The van der Waals surface area contributed by atoms with Crippen molar-refractivity contribution < 1.29 is 19.4 Å². The molecular formula is C29H47NO4. The minimum absolute atomic E-state index is 0.0155. The Labute approximate surface area is 207 Å². The lowest BCUT2D eigenvalue weighted by Gasteiger charge is -2.53. The Morgan fingerprint density at radius 3 is 1.88 bits per heavy atom. The van der Waals surface area contributed by atoms with Crippen molar-refractivity contribution in [2.24, 2.45) is 0 Å². The molecule has 0 atom stereocenters. The lowest BCUT2D eigenvalue weighted by Crippen LogP contribution is -2.60. The van der Waals surface area contributed by atoms with Crippen LogP contribution in [-0.2, 0) is 31.7 Å². The normalized spacial score (nSPS) is 19.7. The van der Waals surface area contributed by atoms with Gasteiger partial charge in [-0.15, -0.1) is 0 Å². The van der Waals surface area contributed by atoms with Crippen LogP contribution in [-0.4, -0.2) is 40.2 Å². The summed E-state index contributed by atoms with van der Waals surface area (Å²) in [6.07, 6.45) is 3.28. The number of likely N-dealkylation sites (tertiary alicyclic amines) is 1. The predicted octanol–water partition coefficient (Wildman–Crippen LogP) is 6.60. The van der Waals surface area contributed by atoms with Crippen LogP contribution in [0.5, 0.6) is 5.75 Å². The monoisotopic (exact) mass is 473 g/mol. The molecule has 5 nitrogen and oxygen atoms in total. The lowest BCUT2D eigenvalue weighted by atomic mass is 9.78. The van der Waals surface area contributed by atoms with Crippen LogP contribution in [0.4, 0.5) is 0 Å². The number of esters is 1. The van der Waals surface area contributed by atoms with E-state index in [9.17, 15) is 9.90 Å². The molecule has 0 radical (unpaired) electrons. The topological polar surface area (TPSA) is 59.0 Å². The van der Waals surface area contributed by atoms with Gasteiger partial charge in [-0.25, -0.2) is 4.79 Å². The molecule has 34 heavy (non-hydrogen) atoms. The van der Waals surface area contributed by atoms with Crippen LogP contribution in [0.3, 0.4) is 0 Å². The van der Waals surface area contributed by atoms with Gasteiger partial charge in [0.1, 0.15) is 24.2 Å². The molecular weight excluding hydrogens is 426 g/mol. The Morgan fingerprint density at radius 1 is 1.03 bits per heavy atom. The van der Waals surface area contributed by atoms with E-state index in [0.717, 1.165) is 29.5 Å². The highest BCUT2D eigenvalue weighted by molar-refractivity contribution is 5.82. The van der Waals surface area contributed by atoms with Gasteiger partial charge in [-0.1, -0.05) is 41.5 Å². The van der Waals surface area contributed by atoms with Gasteiger partial charge < -0.3 is 14.6 Å². The number of hydrogen-bond acceptors (Lipinski definition) is 5. The number of carbonyl (C=O) groups is 1. The number of hydrogen-bond donors (Lipinski definition) is 1. The minimum atomic E-state index is -0.424. The van der Waals surface area contributed by atoms with Crippen molar-refractivity contribution in [3.05, 3.63) is 40.7 Å². The zero-order chi connectivity index (χ0) is 26.3. The number of piperidine rings is 1. The Kier molecular flexibility index (Phi) is 7.94. The third kappa shape index (κ3) is 6.78. The fraction of sp³-hybridized carbons (Fsp3) is 0.690. The minimum Gasteiger partial charge on any atom is -0.507 e. The van der Waals surface area contributed by atoms with Gasteiger partial charge in [0, 0.05) is 23.9 Å². The summed E-state index contributed by atoms with van der Waals surface area (Å²) in [7, 11) is 2.16. The summed E-state index contributed by atoms with van der Waals surface area (Å²) >= 11 is 0. The molecule has 0 aromatic heterocycles. The van der Waals surface area contributed by atoms with Crippen molar-refractivity contribution in [1.29, 1.82) is 0 Å². The summed E-state index contributed by atoms with van der Waals surface area (Å²) in [6.45, 7) is 23.3. The number of phenolic OH excluding ortho intramolecular Hbond substituents is 1. The van der Waals surface area contributed by atoms with Crippen molar-refractivity contribution >= 4 is 5.97 Å². The van der Waals surface area contributed by atoms with Gasteiger partial charge in [0.05, 0.1) is 6.08 Å². The molecule has 1 aliphatic heterocycles. The maximum Gasteiger partial charge on any atom is 0.334 e. The third-order valence-electron chi connectivity index (χ3n) is 7.11. The Balaban J connectivity index is 2.12. The van der Waals surface area contributed by atoms with E-state index < -0.39 is 5.97 Å². The smallest absolute Gasteiger partial charge is 0.334 e. The van der Waals surface area contributed by atoms with Crippen LogP contribution in [0.2, 0.25) is 0 Å². The average Bonchev–Trinajstić information content (AvgIpc) is 2.62. The molecule has 1 aromatic rings. The number of allylic oxidation sites excluding steroid dienone is 1. The number of rotatable bonds is 5. The van der Waals surface area contributed by atoms with Crippen LogP contribution in [0.25, 0.3) is 0 Å². The second-order valence-corrected chi connectivity index (χ2v) is 13.2. The Bertz CT molecular complexity index is 875. The SMILES string of the molecule is C/C(=C/C(=O)OCc1cc(C(C)(C)C)c(O)c(C(C)(C)C)c1)OC1CC(C)(C)N(C)C(C)(C)C1. The van der Waals surface area contributed by atoms with E-state index in [1.54, 1.807) is 0 Å². The quantitative estimate of drug-likeness (QED) is 0.296. The molecule has 1 aromatic carbocycles. The molecule has 1 heterocycles. The average molecular weight is 474 g/mol. The van der Waals surface area contributed by atoms with Crippen molar-refractivity contribution in [2.75, 3.05) is 7.05 Å². The highest BCUT2D eigenvalue weighted by Crippen LogP contribution is 2.40. The van der Waals surface area contributed by atoms with E-state index in [1.807, 2.05) is 19.1 Å². The first kappa shape index (κ1) is 28.2. The lowest BCUT2D eigenvalue weighted by molar-refractivity contribution is -0.139. The van der Waals surface area contributed by atoms with Gasteiger partial charge in [-0.05, 0) is 81.3 Å². The van der Waals surface area contributed by atoms with Crippen molar-refractivity contribution in [2.45, 2.75) is 124 Å². The van der Waals surface area contributed by atoms with Crippen molar-refractivity contribution in [3.8, 4) is 5.75 Å². The van der Waals surface area contributed by atoms with Crippen LogP contribution >= 0.6 is 0 Å². The fourth-order valence-electron chi connectivity index (χ4n) is 4.94. The van der Waals surface area contributed by atoms with Gasteiger partial charge in [0.15, 0.2) is 0 Å². The first-order chi connectivity index (χ1) is 15.2. The highest BCUT2D eigenvalue weighted by atomic mass is 16.5. The standard InChI is InChI=1S/C29H47NO4/c1-19(34-21-16-28(8,9)30(12)29(10,11)17-21)13-24(31)33-18-20-14-22(26(2,3)4)25(32)23(15-20)27(5,6)7/h13-15,21,32H,16-18H2,1-12H3/b19-13-. The molecule has 0 spiro atoms. The summed E-state index contributed by atoms with van der Waals surface area (Å²) in [5, 5.41) is 10.9. The predicted molar refractivity (Wildman–Crippen MR) is 139 cm³/mol. The van der Waals surface area contributed by atoms with E-state index in [1.165, 1.54) is 6.08 Å². The van der Waals surface area contributed by atoms with E-state index in [4.69, 9.17) is 9.47 Å². The number of benzene rings is 1. The molecule has 1 N–H and O–H groups in total. The molecule has 5 heteroatoms. The summed E-state index contributed by atoms with van der Waals surface area (Å²) in [6, 6.07) is 3.88. The summed E-state index contributed by atoms with van der Waals surface area (Å²) in [5.74, 6) is 0.470. The van der Waals surface area contributed by atoms with E-state index in [0.29, 0.717) is 11.5 Å². The fourth-order valence-corrected chi connectivity index (χ4v) is 4.94. The maximum atomic E-state index is 12.6. The van der Waals surface area contributed by atoms with Gasteiger partial charge in [-0.3, -0.25) is 4.90 Å². The molecule has 192 valence electrons. The second kappa shape index (κ2) is 9.56.